The van der Waals surface area contributed by atoms with Gasteiger partial charge in [0.2, 0.25) is 0 Å². The van der Waals surface area contributed by atoms with E-state index in [0.29, 0.717) is 11.2 Å². The van der Waals surface area contributed by atoms with Crippen molar-refractivity contribution in [1.82, 2.24) is 19.5 Å². The number of hydrogen-bond donors (Lipinski definition) is 1. The monoisotopic (exact) mass is 383 g/mol. The number of imidazole rings is 1. The Morgan fingerprint density at radius 1 is 1.11 bits per heavy atom. The van der Waals surface area contributed by atoms with Crippen LogP contribution in [0.15, 0.2) is 43.0 Å². The summed E-state index contributed by atoms with van der Waals surface area (Å²) in [5, 5.41) is 2.55. The molecule has 0 bridgehead atoms. The van der Waals surface area contributed by atoms with Gasteiger partial charge in [-0.3, -0.25) is 10.1 Å². The molecule has 0 aliphatic rings. The molecule has 0 radical (unpaired) electrons. The third-order valence-corrected chi connectivity index (χ3v) is 3.56. The largest absolute Gasteiger partial charge is 0.459 e. The molecule has 3 aromatic rings. The van der Waals surface area contributed by atoms with E-state index in [0.717, 1.165) is 5.56 Å². The van der Waals surface area contributed by atoms with Crippen molar-refractivity contribution in [3.63, 3.8) is 0 Å². The summed E-state index contributed by atoms with van der Waals surface area (Å²) in [5.41, 5.74) is 1.01. The van der Waals surface area contributed by atoms with E-state index in [1.165, 1.54) is 17.2 Å². The first kappa shape index (κ1) is 19.3. The number of rotatable bonds is 5. The molecule has 0 aliphatic heterocycles. The zero-order valence-electron chi connectivity index (χ0n) is 15.9. The topological polar surface area (TPSA) is 108 Å². The number of benzene rings is 1. The van der Waals surface area contributed by atoms with Gasteiger partial charge in [0.25, 0.3) is 0 Å². The number of nitrogens with zero attached hydrogens (tertiary/aromatic N) is 4. The van der Waals surface area contributed by atoms with Crippen molar-refractivity contribution >= 4 is 29.0 Å². The van der Waals surface area contributed by atoms with E-state index in [9.17, 15) is 9.59 Å². The summed E-state index contributed by atoms with van der Waals surface area (Å²) in [6.07, 6.45) is 2.08. The normalized spacial score (nSPS) is 11.2. The number of esters is 1. The van der Waals surface area contributed by atoms with E-state index < -0.39 is 17.7 Å². The molecule has 0 unspecified atom stereocenters. The van der Waals surface area contributed by atoms with Crippen molar-refractivity contribution in [2.24, 2.45) is 0 Å². The minimum absolute atomic E-state index is 0.0633. The number of anilines is 1. The molecule has 0 saturated heterocycles. The van der Waals surface area contributed by atoms with Crippen LogP contribution in [0.4, 0.5) is 10.6 Å². The summed E-state index contributed by atoms with van der Waals surface area (Å²) in [6, 6.07) is 9.40. The van der Waals surface area contributed by atoms with E-state index in [1.807, 2.05) is 30.3 Å². The third kappa shape index (κ3) is 5.03. The second kappa shape index (κ2) is 8.03. The standard InChI is InChI=1S/C19H21N5O4/c1-19(2,3)28-18(26)23-16-15-17(21-11-20-16)24(12-22-15)9-14(25)27-10-13-7-5-4-6-8-13/h4-8,11-12H,9-10H2,1-3H3,(H,20,21,23,26). The molecule has 1 N–H and O–H groups in total. The van der Waals surface area contributed by atoms with Crippen LogP contribution in [0.5, 0.6) is 0 Å². The first-order valence-corrected chi connectivity index (χ1v) is 8.67. The van der Waals surface area contributed by atoms with Crippen LogP contribution in [0.25, 0.3) is 11.2 Å². The fraction of sp³-hybridized carbons (Fsp3) is 0.316. The average Bonchev–Trinajstić information content (AvgIpc) is 3.03. The summed E-state index contributed by atoms with van der Waals surface area (Å²) < 4.78 is 12.0. The van der Waals surface area contributed by atoms with Gasteiger partial charge in [0.15, 0.2) is 17.0 Å². The number of amides is 1. The Kier molecular flexibility index (Phi) is 5.53. The molecule has 9 heteroatoms. The maximum Gasteiger partial charge on any atom is 0.413 e. The summed E-state index contributed by atoms with van der Waals surface area (Å²) in [5.74, 6) is -0.223. The fourth-order valence-electron chi connectivity index (χ4n) is 2.41. The zero-order valence-corrected chi connectivity index (χ0v) is 15.9. The Labute approximate surface area is 161 Å². The van der Waals surface area contributed by atoms with Crippen molar-refractivity contribution < 1.29 is 19.1 Å². The number of carbonyl (C=O) groups is 2. The first-order chi connectivity index (χ1) is 13.3. The minimum atomic E-state index is -0.649. The summed E-state index contributed by atoms with van der Waals surface area (Å²) in [7, 11) is 0. The molecule has 0 atom stereocenters. The van der Waals surface area contributed by atoms with Crippen LogP contribution in [0.2, 0.25) is 0 Å². The van der Waals surface area contributed by atoms with Crippen LogP contribution >= 0.6 is 0 Å². The van der Waals surface area contributed by atoms with Gasteiger partial charge in [-0.25, -0.2) is 19.7 Å². The van der Waals surface area contributed by atoms with E-state index in [-0.39, 0.29) is 19.0 Å². The third-order valence-electron chi connectivity index (χ3n) is 3.56. The maximum absolute atomic E-state index is 12.1. The number of ether oxygens (including phenoxy) is 2. The maximum atomic E-state index is 12.1. The van der Waals surface area contributed by atoms with Crippen LogP contribution < -0.4 is 5.32 Å². The molecule has 0 saturated carbocycles. The molecule has 0 fully saturated rings. The minimum Gasteiger partial charge on any atom is -0.459 e. The van der Waals surface area contributed by atoms with E-state index >= 15 is 0 Å². The molecule has 0 spiro atoms. The summed E-state index contributed by atoms with van der Waals surface area (Å²) >= 11 is 0. The number of carbonyl (C=O) groups excluding carboxylic acids is 2. The lowest BCUT2D eigenvalue weighted by atomic mass is 10.2. The molecule has 1 amide bonds. The summed E-state index contributed by atoms with van der Waals surface area (Å²) in [6.45, 7) is 5.41. The van der Waals surface area contributed by atoms with E-state index in [4.69, 9.17) is 9.47 Å². The molecule has 3 rings (SSSR count). The molecule has 9 nitrogen and oxygen atoms in total. The van der Waals surface area contributed by atoms with Gasteiger partial charge >= 0.3 is 12.1 Å². The highest BCUT2D eigenvalue weighted by atomic mass is 16.6. The van der Waals surface area contributed by atoms with Gasteiger partial charge in [-0.05, 0) is 26.3 Å². The highest BCUT2D eigenvalue weighted by molar-refractivity contribution is 5.93. The Bertz CT molecular complexity index is 979. The quantitative estimate of drug-likeness (QED) is 0.675. The Morgan fingerprint density at radius 2 is 1.86 bits per heavy atom. The molecule has 2 heterocycles. The number of nitrogens with one attached hydrogen (secondary N) is 1. The van der Waals surface area contributed by atoms with Crippen molar-refractivity contribution in [1.29, 1.82) is 0 Å². The smallest absolute Gasteiger partial charge is 0.413 e. The molecule has 146 valence electrons. The lowest BCUT2D eigenvalue weighted by molar-refractivity contribution is -0.145. The number of hydrogen-bond acceptors (Lipinski definition) is 7. The second-order valence-electron chi connectivity index (χ2n) is 7.04. The van der Waals surface area contributed by atoms with Gasteiger partial charge < -0.3 is 14.0 Å². The van der Waals surface area contributed by atoms with E-state index in [2.05, 4.69) is 20.3 Å². The van der Waals surface area contributed by atoms with Crippen molar-refractivity contribution in [2.75, 3.05) is 5.32 Å². The predicted molar refractivity (Wildman–Crippen MR) is 101 cm³/mol. The highest BCUT2D eigenvalue weighted by Crippen LogP contribution is 2.18. The highest BCUT2D eigenvalue weighted by Gasteiger charge is 2.19. The lowest BCUT2D eigenvalue weighted by Gasteiger charge is -2.19. The number of fused-ring (bicyclic) bond motifs is 1. The van der Waals surface area contributed by atoms with Gasteiger partial charge in [-0.15, -0.1) is 0 Å². The predicted octanol–water partition coefficient (Wildman–Crippen LogP) is 2.92. The Balaban J connectivity index is 1.68. The Hall–Kier alpha value is -3.49. The van der Waals surface area contributed by atoms with Gasteiger partial charge in [-0.2, -0.15) is 0 Å². The van der Waals surface area contributed by atoms with Crippen LogP contribution in [-0.2, 0) is 27.4 Å². The van der Waals surface area contributed by atoms with Crippen molar-refractivity contribution in [3.8, 4) is 0 Å². The number of aromatic nitrogens is 4. The van der Waals surface area contributed by atoms with Crippen LogP contribution in [0.1, 0.15) is 26.3 Å². The molecule has 0 aliphatic carbocycles. The molecule has 2 aromatic heterocycles. The fourth-order valence-corrected chi connectivity index (χ4v) is 2.41. The molecular formula is C19H21N5O4. The van der Waals surface area contributed by atoms with Crippen LogP contribution in [-0.4, -0.2) is 37.2 Å². The first-order valence-electron chi connectivity index (χ1n) is 8.67. The van der Waals surface area contributed by atoms with Crippen LogP contribution in [0.3, 0.4) is 0 Å². The lowest BCUT2D eigenvalue weighted by Crippen LogP contribution is -2.27. The molecule has 1 aromatic carbocycles. The zero-order chi connectivity index (χ0) is 20.1. The average molecular weight is 383 g/mol. The summed E-state index contributed by atoms with van der Waals surface area (Å²) in [4.78, 5) is 36.5. The SMILES string of the molecule is CC(C)(C)OC(=O)Nc1ncnc2c1ncn2CC(=O)OCc1ccccc1. The molecular weight excluding hydrogens is 362 g/mol. The van der Waals surface area contributed by atoms with Gasteiger partial charge in [-0.1, -0.05) is 30.3 Å². The van der Waals surface area contributed by atoms with Crippen LogP contribution in [0, 0.1) is 0 Å². The van der Waals surface area contributed by atoms with Gasteiger partial charge in [0.1, 0.15) is 25.1 Å². The second-order valence-corrected chi connectivity index (χ2v) is 7.04. The van der Waals surface area contributed by atoms with Gasteiger partial charge in [0.05, 0.1) is 6.33 Å². The van der Waals surface area contributed by atoms with Crippen molar-refractivity contribution in [2.45, 2.75) is 39.5 Å². The van der Waals surface area contributed by atoms with Crippen molar-refractivity contribution in [3.05, 3.63) is 48.5 Å². The van der Waals surface area contributed by atoms with Gasteiger partial charge in [0, 0.05) is 0 Å². The van der Waals surface area contributed by atoms with E-state index in [1.54, 1.807) is 20.8 Å². The molecule has 28 heavy (non-hydrogen) atoms. The Morgan fingerprint density at radius 3 is 2.57 bits per heavy atom.